The summed E-state index contributed by atoms with van der Waals surface area (Å²) in [5, 5.41) is 4.89. The van der Waals surface area contributed by atoms with Crippen molar-refractivity contribution >= 4 is 32.0 Å². The van der Waals surface area contributed by atoms with Gasteiger partial charge in [-0.15, -0.1) is 0 Å². The number of likely N-dealkylation sites (tertiary alicyclic amines) is 1. The molecule has 0 bridgehead atoms. The third-order valence-electron chi connectivity index (χ3n) is 3.03. The van der Waals surface area contributed by atoms with Crippen LogP contribution in [0.3, 0.4) is 0 Å². The van der Waals surface area contributed by atoms with Crippen molar-refractivity contribution in [1.29, 1.82) is 0 Å². The number of hydrogen-bond acceptors (Lipinski definition) is 3. The maximum atomic E-state index is 12.0. The number of hydrogen-bond donors (Lipinski definition) is 2. The molecule has 0 spiro atoms. The van der Waals surface area contributed by atoms with E-state index in [4.69, 9.17) is 5.14 Å². The zero-order valence-electron chi connectivity index (χ0n) is 10.4. The maximum absolute atomic E-state index is 12.0. The maximum Gasteiger partial charge on any atom is 0.274 e. The summed E-state index contributed by atoms with van der Waals surface area (Å²) in [5.74, 6) is 0.218. The number of piperidine rings is 1. The van der Waals surface area contributed by atoms with Crippen LogP contribution in [0, 0.1) is 5.92 Å². The SMILES string of the molecule is CCC(Br)C(=O)N1CCCC(CNS(N)(=O)=O)C1. The van der Waals surface area contributed by atoms with Crippen molar-refractivity contribution in [2.24, 2.45) is 11.1 Å². The Kier molecular flexibility index (Phi) is 6.03. The third kappa shape index (κ3) is 5.21. The molecule has 0 aromatic heterocycles. The molecule has 1 aliphatic heterocycles. The van der Waals surface area contributed by atoms with Gasteiger partial charge in [0.15, 0.2) is 0 Å². The van der Waals surface area contributed by atoms with Gasteiger partial charge in [0.1, 0.15) is 0 Å². The summed E-state index contributed by atoms with van der Waals surface area (Å²) in [6.07, 6.45) is 2.55. The van der Waals surface area contributed by atoms with Gasteiger partial charge in [-0.1, -0.05) is 22.9 Å². The molecule has 0 aromatic rings. The molecule has 1 fully saturated rings. The van der Waals surface area contributed by atoms with E-state index in [2.05, 4.69) is 20.7 Å². The fourth-order valence-electron chi connectivity index (χ4n) is 2.04. The lowest BCUT2D eigenvalue weighted by molar-refractivity contribution is -0.132. The Bertz CT molecular complexity index is 388. The molecule has 18 heavy (non-hydrogen) atoms. The van der Waals surface area contributed by atoms with Crippen LogP contribution in [0.1, 0.15) is 26.2 Å². The number of carbonyl (C=O) groups excluding carboxylic acids is 1. The van der Waals surface area contributed by atoms with E-state index >= 15 is 0 Å². The second-order valence-electron chi connectivity index (χ2n) is 4.56. The standard InChI is InChI=1S/C10H20BrN3O3S/c1-2-9(11)10(15)14-5-3-4-8(7-14)6-13-18(12,16)17/h8-9,13H,2-7H2,1H3,(H2,12,16,17). The second-order valence-corrected chi connectivity index (χ2v) is 7.05. The molecule has 2 atom stereocenters. The van der Waals surface area contributed by atoms with Gasteiger partial charge in [0.25, 0.3) is 10.2 Å². The van der Waals surface area contributed by atoms with Gasteiger partial charge in [-0.3, -0.25) is 4.79 Å². The first-order valence-corrected chi connectivity index (χ1v) is 8.50. The molecule has 6 nitrogen and oxygen atoms in total. The van der Waals surface area contributed by atoms with Gasteiger partial charge in [-0.25, -0.2) is 9.86 Å². The number of halogens is 1. The van der Waals surface area contributed by atoms with Gasteiger partial charge in [0.05, 0.1) is 4.83 Å². The Balaban J connectivity index is 2.48. The van der Waals surface area contributed by atoms with Gasteiger partial charge in [-0.05, 0) is 25.2 Å². The quantitative estimate of drug-likeness (QED) is 0.699. The number of rotatable bonds is 5. The van der Waals surface area contributed by atoms with Gasteiger partial charge in [0.2, 0.25) is 5.91 Å². The molecular formula is C10H20BrN3O3S. The fraction of sp³-hybridized carbons (Fsp3) is 0.900. The molecule has 0 aliphatic carbocycles. The van der Waals surface area contributed by atoms with E-state index in [1.165, 1.54) is 0 Å². The lowest BCUT2D eigenvalue weighted by Gasteiger charge is -2.33. The van der Waals surface area contributed by atoms with Gasteiger partial charge < -0.3 is 4.90 Å². The first-order valence-electron chi connectivity index (χ1n) is 6.03. The van der Waals surface area contributed by atoms with Crippen LogP contribution in [-0.4, -0.2) is 43.7 Å². The van der Waals surface area contributed by atoms with E-state index in [1.807, 2.05) is 6.92 Å². The summed E-state index contributed by atoms with van der Waals surface area (Å²) in [5.41, 5.74) is 0. The van der Waals surface area contributed by atoms with Crippen LogP contribution in [0.2, 0.25) is 0 Å². The van der Waals surface area contributed by atoms with Crippen LogP contribution < -0.4 is 9.86 Å². The Morgan fingerprint density at radius 1 is 1.61 bits per heavy atom. The number of nitrogens with zero attached hydrogens (tertiary/aromatic N) is 1. The van der Waals surface area contributed by atoms with Crippen LogP contribution in [-0.2, 0) is 15.0 Å². The van der Waals surface area contributed by atoms with Crippen molar-refractivity contribution in [3.05, 3.63) is 0 Å². The highest BCUT2D eigenvalue weighted by atomic mass is 79.9. The molecule has 1 aliphatic rings. The first kappa shape index (κ1) is 15.9. The average Bonchev–Trinajstić information content (AvgIpc) is 2.34. The molecule has 1 saturated heterocycles. The van der Waals surface area contributed by atoms with Crippen molar-refractivity contribution < 1.29 is 13.2 Å². The number of amides is 1. The summed E-state index contributed by atoms with van der Waals surface area (Å²) in [6, 6.07) is 0. The first-order chi connectivity index (χ1) is 8.33. The number of nitrogens with one attached hydrogen (secondary N) is 1. The van der Waals surface area contributed by atoms with Gasteiger partial charge in [-0.2, -0.15) is 8.42 Å². The van der Waals surface area contributed by atoms with E-state index in [0.29, 0.717) is 13.1 Å². The van der Waals surface area contributed by atoms with E-state index in [0.717, 1.165) is 25.8 Å². The van der Waals surface area contributed by atoms with E-state index < -0.39 is 10.2 Å². The van der Waals surface area contributed by atoms with Crippen LogP contribution in [0.25, 0.3) is 0 Å². The van der Waals surface area contributed by atoms with Crippen molar-refractivity contribution in [2.45, 2.75) is 31.0 Å². The summed E-state index contributed by atoms with van der Waals surface area (Å²) >= 11 is 3.35. The monoisotopic (exact) mass is 341 g/mol. The molecule has 8 heteroatoms. The third-order valence-corrected chi connectivity index (χ3v) is 4.64. The highest BCUT2D eigenvalue weighted by Crippen LogP contribution is 2.19. The molecule has 1 heterocycles. The van der Waals surface area contributed by atoms with Crippen molar-refractivity contribution in [1.82, 2.24) is 9.62 Å². The minimum atomic E-state index is -3.64. The number of alkyl halides is 1. The van der Waals surface area contributed by atoms with Crippen molar-refractivity contribution in [3.63, 3.8) is 0 Å². The van der Waals surface area contributed by atoms with Gasteiger partial charge in [0, 0.05) is 19.6 Å². The molecule has 0 radical (unpaired) electrons. The predicted molar refractivity (Wildman–Crippen MR) is 73.4 cm³/mol. The van der Waals surface area contributed by atoms with E-state index in [9.17, 15) is 13.2 Å². The minimum absolute atomic E-state index is 0.0813. The van der Waals surface area contributed by atoms with Gasteiger partial charge >= 0.3 is 0 Å². The highest BCUT2D eigenvalue weighted by molar-refractivity contribution is 9.10. The fourth-order valence-corrected chi connectivity index (χ4v) is 2.80. The Morgan fingerprint density at radius 3 is 2.83 bits per heavy atom. The summed E-state index contributed by atoms with van der Waals surface area (Å²) in [6.45, 7) is 3.57. The summed E-state index contributed by atoms with van der Waals surface area (Å²) in [7, 11) is -3.64. The average molecular weight is 342 g/mol. The Hall–Kier alpha value is -0.180. The van der Waals surface area contributed by atoms with E-state index in [-0.39, 0.29) is 16.7 Å². The molecule has 2 unspecified atom stereocenters. The molecule has 106 valence electrons. The number of nitrogens with two attached hydrogens (primary N) is 1. The smallest absolute Gasteiger partial charge is 0.274 e. The van der Waals surface area contributed by atoms with Crippen LogP contribution in [0.15, 0.2) is 0 Å². The zero-order chi connectivity index (χ0) is 13.8. The molecule has 1 rings (SSSR count). The van der Waals surface area contributed by atoms with Crippen LogP contribution >= 0.6 is 15.9 Å². The Morgan fingerprint density at radius 2 is 2.28 bits per heavy atom. The second kappa shape index (κ2) is 6.83. The summed E-state index contributed by atoms with van der Waals surface area (Å²) < 4.78 is 23.9. The molecule has 3 N–H and O–H groups in total. The molecular weight excluding hydrogens is 322 g/mol. The molecule has 0 saturated carbocycles. The lowest BCUT2D eigenvalue weighted by Crippen LogP contribution is -2.46. The van der Waals surface area contributed by atoms with Crippen molar-refractivity contribution in [2.75, 3.05) is 19.6 Å². The normalized spacial score (nSPS) is 22.8. The predicted octanol–water partition coefficient (Wildman–Crippen LogP) is 0.192. The zero-order valence-corrected chi connectivity index (χ0v) is 12.8. The highest BCUT2D eigenvalue weighted by Gasteiger charge is 2.27. The largest absolute Gasteiger partial charge is 0.341 e. The van der Waals surface area contributed by atoms with Crippen LogP contribution in [0.4, 0.5) is 0 Å². The van der Waals surface area contributed by atoms with Crippen molar-refractivity contribution in [3.8, 4) is 0 Å². The Labute approximate surface area is 117 Å². The molecule has 0 aromatic carbocycles. The minimum Gasteiger partial charge on any atom is -0.341 e. The topological polar surface area (TPSA) is 92.5 Å². The van der Waals surface area contributed by atoms with Crippen LogP contribution in [0.5, 0.6) is 0 Å². The van der Waals surface area contributed by atoms with E-state index in [1.54, 1.807) is 4.90 Å². The summed E-state index contributed by atoms with van der Waals surface area (Å²) in [4.78, 5) is 13.6. The number of carbonyl (C=O) groups is 1. The lowest BCUT2D eigenvalue weighted by atomic mass is 9.98. The molecule has 1 amide bonds.